The normalized spacial score (nSPS) is 14.9. The zero-order valence-corrected chi connectivity index (χ0v) is 18.1. The monoisotopic (exact) mass is 429 g/mol. The Morgan fingerprint density at radius 2 is 2.00 bits per heavy atom. The Bertz CT molecular complexity index is 1130. The number of carbonyl (C=O) groups is 1. The van der Waals surface area contributed by atoms with Crippen LogP contribution in [0.15, 0.2) is 65.7 Å². The van der Waals surface area contributed by atoms with E-state index in [2.05, 4.69) is 35.7 Å². The Morgan fingerprint density at radius 1 is 1.23 bits per heavy atom. The van der Waals surface area contributed by atoms with Gasteiger partial charge in [0.1, 0.15) is 16.8 Å². The molecule has 31 heavy (non-hydrogen) atoms. The van der Waals surface area contributed by atoms with Crippen LogP contribution < -0.4 is 10.1 Å². The van der Waals surface area contributed by atoms with Crippen molar-refractivity contribution in [2.24, 2.45) is 0 Å². The Balaban J connectivity index is 1.45. The summed E-state index contributed by atoms with van der Waals surface area (Å²) >= 11 is 1.30. The fourth-order valence-corrected chi connectivity index (χ4v) is 4.69. The maximum absolute atomic E-state index is 12.4. The van der Waals surface area contributed by atoms with Gasteiger partial charge in [-0.05, 0) is 54.5 Å². The molecule has 4 rings (SSSR count). The zero-order valence-electron chi connectivity index (χ0n) is 17.3. The number of nitrogens with zero attached hydrogens (tertiary/aromatic N) is 2. The van der Waals surface area contributed by atoms with E-state index in [0.717, 1.165) is 30.5 Å². The van der Waals surface area contributed by atoms with Crippen LogP contribution in [-0.4, -0.2) is 23.8 Å². The van der Waals surface area contributed by atoms with Gasteiger partial charge >= 0.3 is 0 Å². The number of methoxy groups -OCH3 is 1. The number of anilines is 1. The van der Waals surface area contributed by atoms with Crippen LogP contribution in [0.2, 0.25) is 0 Å². The molecule has 1 atom stereocenters. The van der Waals surface area contributed by atoms with Gasteiger partial charge in [-0.1, -0.05) is 54.2 Å². The lowest BCUT2D eigenvalue weighted by atomic mass is 9.82. The van der Waals surface area contributed by atoms with Gasteiger partial charge < -0.3 is 10.1 Å². The number of rotatable bonds is 6. The summed E-state index contributed by atoms with van der Waals surface area (Å²) < 4.78 is 5.27. The summed E-state index contributed by atoms with van der Waals surface area (Å²) in [5.74, 6) is 1.07. The standard InChI is InChI=1S/C25H23N3O2S/c1-30-23-10-6-5-9-22(23)27-24(29)16-31-25-20(15-26)14-19-13-18(11-12-21(19)28-25)17-7-3-2-4-8-17/h2-10,14,18H,11-13,16H2,1H3,(H,27,29)/t18-/m0/s1. The quantitative estimate of drug-likeness (QED) is 0.560. The molecule has 0 unspecified atom stereocenters. The van der Waals surface area contributed by atoms with Crippen LogP contribution in [-0.2, 0) is 17.6 Å². The fraction of sp³-hybridized carbons (Fsp3) is 0.240. The van der Waals surface area contributed by atoms with Crippen molar-refractivity contribution in [1.29, 1.82) is 5.26 Å². The molecule has 0 radical (unpaired) electrons. The number of para-hydroxylation sites is 2. The second kappa shape index (κ2) is 9.67. The van der Waals surface area contributed by atoms with E-state index >= 15 is 0 Å². The summed E-state index contributed by atoms with van der Waals surface area (Å²) in [6, 6.07) is 22.0. The molecule has 0 spiro atoms. The summed E-state index contributed by atoms with van der Waals surface area (Å²) in [5.41, 5.74) is 4.67. The fourth-order valence-electron chi connectivity index (χ4n) is 3.91. The van der Waals surface area contributed by atoms with E-state index in [1.807, 2.05) is 24.3 Å². The first-order chi connectivity index (χ1) is 15.2. The number of ether oxygens (including phenoxy) is 1. The summed E-state index contributed by atoms with van der Waals surface area (Å²) in [6.07, 6.45) is 2.80. The van der Waals surface area contributed by atoms with Crippen molar-refractivity contribution < 1.29 is 9.53 Å². The minimum Gasteiger partial charge on any atom is -0.495 e. The second-order valence-electron chi connectivity index (χ2n) is 7.45. The number of amides is 1. The van der Waals surface area contributed by atoms with Crippen molar-refractivity contribution in [3.05, 3.63) is 83.0 Å². The van der Waals surface area contributed by atoms with E-state index in [-0.39, 0.29) is 11.7 Å². The average Bonchev–Trinajstić information content (AvgIpc) is 2.82. The first-order valence-corrected chi connectivity index (χ1v) is 11.2. The third-order valence-electron chi connectivity index (χ3n) is 5.46. The van der Waals surface area contributed by atoms with E-state index in [0.29, 0.717) is 27.9 Å². The van der Waals surface area contributed by atoms with Crippen molar-refractivity contribution in [3.63, 3.8) is 0 Å². The highest BCUT2D eigenvalue weighted by atomic mass is 32.2. The van der Waals surface area contributed by atoms with E-state index in [1.165, 1.54) is 17.3 Å². The topological polar surface area (TPSA) is 75.0 Å². The average molecular weight is 430 g/mol. The molecule has 0 saturated heterocycles. The molecule has 1 N–H and O–H groups in total. The highest BCUT2D eigenvalue weighted by Crippen LogP contribution is 2.34. The van der Waals surface area contributed by atoms with Crippen molar-refractivity contribution in [1.82, 2.24) is 4.98 Å². The van der Waals surface area contributed by atoms with Crippen molar-refractivity contribution in [3.8, 4) is 11.8 Å². The number of hydrogen-bond donors (Lipinski definition) is 1. The molecule has 0 aliphatic heterocycles. The summed E-state index contributed by atoms with van der Waals surface area (Å²) in [4.78, 5) is 17.2. The minimum absolute atomic E-state index is 0.165. The highest BCUT2D eigenvalue weighted by Gasteiger charge is 2.23. The van der Waals surface area contributed by atoms with Crippen LogP contribution in [0.1, 0.15) is 34.7 Å². The summed E-state index contributed by atoms with van der Waals surface area (Å²) in [6.45, 7) is 0. The van der Waals surface area contributed by atoms with Gasteiger partial charge in [-0.25, -0.2) is 4.98 Å². The van der Waals surface area contributed by atoms with Crippen molar-refractivity contribution in [2.45, 2.75) is 30.2 Å². The molecule has 1 amide bonds. The van der Waals surface area contributed by atoms with Gasteiger partial charge in [0.2, 0.25) is 5.91 Å². The van der Waals surface area contributed by atoms with Crippen molar-refractivity contribution in [2.75, 3.05) is 18.2 Å². The molecular weight excluding hydrogens is 406 g/mol. The predicted molar refractivity (Wildman–Crippen MR) is 123 cm³/mol. The SMILES string of the molecule is COc1ccccc1NC(=O)CSc1nc2c(cc1C#N)C[C@@H](c1ccccc1)CC2. The van der Waals surface area contributed by atoms with Gasteiger partial charge in [0.25, 0.3) is 0 Å². The maximum atomic E-state index is 12.4. The third kappa shape index (κ3) is 4.89. The van der Waals surface area contributed by atoms with E-state index in [1.54, 1.807) is 19.2 Å². The lowest BCUT2D eigenvalue weighted by Crippen LogP contribution is -2.17. The Hall–Kier alpha value is -3.30. The molecule has 0 saturated carbocycles. The van der Waals surface area contributed by atoms with Gasteiger partial charge in [-0.2, -0.15) is 5.26 Å². The lowest BCUT2D eigenvalue weighted by molar-refractivity contribution is -0.113. The molecule has 1 heterocycles. The largest absolute Gasteiger partial charge is 0.495 e. The number of hydrogen-bond acceptors (Lipinski definition) is 5. The number of thioether (sulfide) groups is 1. The van der Waals surface area contributed by atoms with Gasteiger partial charge in [0.05, 0.1) is 24.1 Å². The van der Waals surface area contributed by atoms with E-state index in [4.69, 9.17) is 9.72 Å². The molecule has 1 aliphatic rings. The van der Waals surface area contributed by atoms with Crippen LogP contribution in [0, 0.1) is 11.3 Å². The van der Waals surface area contributed by atoms with Crippen LogP contribution in [0.4, 0.5) is 5.69 Å². The van der Waals surface area contributed by atoms with Crippen LogP contribution in [0.3, 0.4) is 0 Å². The highest BCUT2D eigenvalue weighted by molar-refractivity contribution is 8.00. The molecule has 5 nitrogen and oxygen atoms in total. The summed E-state index contributed by atoms with van der Waals surface area (Å²) in [7, 11) is 1.57. The Labute approximate surface area is 186 Å². The first kappa shape index (κ1) is 21.0. The number of nitriles is 1. The van der Waals surface area contributed by atoms with E-state index < -0.39 is 0 Å². The molecular formula is C25H23N3O2S. The molecule has 3 aromatic rings. The predicted octanol–water partition coefficient (Wildman–Crippen LogP) is 4.97. The number of fused-ring (bicyclic) bond motifs is 1. The number of pyridine rings is 1. The number of benzene rings is 2. The number of nitrogens with one attached hydrogen (secondary N) is 1. The molecule has 1 aromatic heterocycles. The molecule has 6 heteroatoms. The van der Waals surface area contributed by atoms with Crippen LogP contribution in [0.5, 0.6) is 5.75 Å². The maximum Gasteiger partial charge on any atom is 0.234 e. The Kier molecular flexibility index (Phi) is 6.54. The second-order valence-corrected chi connectivity index (χ2v) is 8.41. The zero-order chi connectivity index (χ0) is 21.6. The number of carbonyl (C=O) groups excluding carboxylic acids is 1. The van der Waals surface area contributed by atoms with Gasteiger partial charge in [0, 0.05) is 5.69 Å². The van der Waals surface area contributed by atoms with Gasteiger partial charge in [-0.3, -0.25) is 4.79 Å². The molecule has 2 aromatic carbocycles. The third-order valence-corrected chi connectivity index (χ3v) is 6.46. The Morgan fingerprint density at radius 3 is 2.77 bits per heavy atom. The molecule has 0 bridgehead atoms. The van der Waals surface area contributed by atoms with Gasteiger partial charge in [0.15, 0.2) is 0 Å². The van der Waals surface area contributed by atoms with Gasteiger partial charge in [-0.15, -0.1) is 0 Å². The number of aromatic nitrogens is 1. The van der Waals surface area contributed by atoms with Crippen molar-refractivity contribution >= 4 is 23.4 Å². The summed E-state index contributed by atoms with van der Waals surface area (Å²) in [5, 5.41) is 13.1. The molecule has 1 aliphatic carbocycles. The first-order valence-electron chi connectivity index (χ1n) is 10.2. The molecule has 0 fully saturated rings. The van der Waals surface area contributed by atoms with Crippen LogP contribution in [0.25, 0.3) is 0 Å². The molecule has 156 valence electrons. The minimum atomic E-state index is -0.165. The smallest absolute Gasteiger partial charge is 0.234 e. The van der Waals surface area contributed by atoms with E-state index in [9.17, 15) is 10.1 Å². The number of aryl methyl sites for hydroxylation is 1. The lowest BCUT2D eigenvalue weighted by Gasteiger charge is -2.25. The van der Waals surface area contributed by atoms with Crippen LogP contribution >= 0.6 is 11.8 Å².